The van der Waals surface area contributed by atoms with Gasteiger partial charge in [0.25, 0.3) is 0 Å². The average molecular weight is 333 g/mol. The van der Waals surface area contributed by atoms with E-state index in [0.717, 1.165) is 6.42 Å². The Morgan fingerprint density at radius 3 is 2.42 bits per heavy atom. The van der Waals surface area contributed by atoms with Crippen molar-refractivity contribution in [3.8, 4) is 5.69 Å². The van der Waals surface area contributed by atoms with E-state index < -0.39 is 0 Å². The van der Waals surface area contributed by atoms with Crippen LogP contribution in [-0.4, -0.2) is 4.57 Å². The van der Waals surface area contributed by atoms with Crippen LogP contribution >= 0.6 is 0 Å². The van der Waals surface area contributed by atoms with E-state index in [1.807, 2.05) is 0 Å². The first kappa shape index (κ1) is 15.0. The lowest BCUT2D eigenvalue weighted by molar-refractivity contribution is 1.18. The monoisotopic (exact) mass is 333 g/mol. The van der Waals surface area contributed by atoms with Gasteiger partial charge in [0.15, 0.2) is 0 Å². The van der Waals surface area contributed by atoms with E-state index in [4.69, 9.17) is 0 Å². The van der Waals surface area contributed by atoms with Gasteiger partial charge in [-0.25, -0.2) is 0 Å². The van der Waals surface area contributed by atoms with E-state index in [-0.39, 0.29) is 0 Å². The van der Waals surface area contributed by atoms with Gasteiger partial charge in [0, 0.05) is 16.5 Å². The maximum Gasteiger partial charge on any atom is 0.0547 e. The van der Waals surface area contributed by atoms with Gasteiger partial charge in [-0.1, -0.05) is 78.9 Å². The fraction of sp³-hybridized carbons (Fsp3) is 0.0400. The van der Waals surface area contributed by atoms with Gasteiger partial charge in [-0.15, -0.1) is 0 Å². The molecule has 26 heavy (non-hydrogen) atoms. The third-order valence-electron chi connectivity index (χ3n) is 5.00. The average Bonchev–Trinajstić information content (AvgIpc) is 2.84. The summed E-state index contributed by atoms with van der Waals surface area (Å²) in [5.74, 6) is 0. The second-order valence-electron chi connectivity index (χ2n) is 6.61. The highest BCUT2D eigenvalue weighted by atomic mass is 15.0. The van der Waals surface area contributed by atoms with E-state index in [9.17, 15) is 0 Å². The zero-order chi connectivity index (χ0) is 17.3. The molecule has 3 aromatic carbocycles. The van der Waals surface area contributed by atoms with Gasteiger partial charge in [-0.05, 0) is 41.8 Å². The van der Waals surface area contributed by atoms with Crippen LogP contribution < -0.4 is 0 Å². The lowest BCUT2D eigenvalue weighted by atomic mass is 10.0. The summed E-state index contributed by atoms with van der Waals surface area (Å²) in [4.78, 5) is 0. The van der Waals surface area contributed by atoms with E-state index in [0.29, 0.717) is 0 Å². The van der Waals surface area contributed by atoms with E-state index >= 15 is 0 Å². The molecule has 1 heteroatoms. The largest absolute Gasteiger partial charge is 0.309 e. The number of benzene rings is 3. The fourth-order valence-corrected chi connectivity index (χ4v) is 3.78. The number of hydrogen-bond donors (Lipinski definition) is 0. The van der Waals surface area contributed by atoms with Crippen LogP contribution in [0.3, 0.4) is 0 Å². The van der Waals surface area contributed by atoms with Crippen LogP contribution in [0.15, 0.2) is 103 Å². The second kappa shape index (κ2) is 6.20. The molecule has 1 aromatic heterocycles. The summed E-state index contributed by atoms with van der Waals surface area (Å²) in [6.07, 6.45) is 11.9. The minimum absolute atomic E-state index is 0.993. The molecule has 0 aliphatic heterocycles. The Morgan fingerprint density at radius 1 is 0.692 bits per heavy atom. The molecule has 0 spiro atoms. The Balaban J connectivity index is 1.84. The molecule has 1 aliphatic carbocycles. The Kier molecular flexibility index (Phi) is 3.57. The van der Waals surface area contributed by atoms with Crippen LogP contribution in [0.1, 0.15) is 12.0 Å². The lowest BCUT2D eigenvalue weighted by Gasteiger charge is -2.09. The van der Waals surface area contributed by atoms with Gasteiger partial charge >= 0.3 is 0 Å². The molecule has 0 saturated carbocycles. The molecule has 124 valence electrons. The third-order valence-corrected chi connectivity index (χ3v) is 5.00. The third kappa shape index (κ3) is 2.41. The Morgan fingerprint density at radius 2 is 1.50 bits per heavy atom. The maximum absolute atomic E-state index is 2.37. The van der Waals surface area contributed by atoms with Gasteiger partial charge in [0.1, 0.15) is 0 Å². The molecule has 1 nitrogen and oxygen atoms in total. The van der Waals surface area contributed by atoms with Crippen LogP contribution in [-0.2, 0) is 0 Å². The predicted molar refractivity (Wildman–Crippen MR) is 112 cm³/mol. The van der Waals surface area contributed by atoms with E-state index in [1.54, 1.807) is 0 Å². The molecule has 0 atom stereocenters. The summed E-state index contributed by atoms with van der Waals surface area (Å²) in [6.45, 7) is 0. The fourth-order valence-electron chi connectivity index (χ4n) is 3.78. The van der Waals surface area contributed by atoms with Crippen molar-refractivity contribution in [1.29, 1.82) is 0 Å². The first-order valence-electron chi connectivity index (χ1n) is 9.04. The predicted octanol–water partition coefficient (Wildman–Crippen LogP) is 6.68. The highest BCUT2D eigenvalue weighted by molar-refractivity contribution is 6.10. The van der Waals surface area contributed by atoms with Gasteiger partial charge in [-0.2, -0.15) is 0 Å². The summed E-state index contributed by atoms with van der Waals surface area (Å²) >= 11 is 0. The molecule has 1 heterocycles. The molecule has 4 aromatic rings. The quantitative estimate of drug-likeness (QED) is 0.385. The number of para-hydroxylation sites is 2. The zero-order valence-electron chi connectivity index (χ0n) is 14.5. The van der Waals surface area contributed by atoms with Crippen molar-refractivity contribution in [2.75, 3.05) is 0 Å². The molecule has 0 amide bonds. The topological polar surface area (TPSA) is 4.93 Å². The number of aromatic nitrogens is 1. The summed E-state index contributed by atoms with van der Waals surface area (Å²) in [6, 6.07) is 26.1. The van der Waals surface area contributed by atoms with Crippen molar-refractivity contribution < 1.29 is 0 Å². The van der Waals surface area contributed by atoms with Crippen LogP contribution in [0.4, 0.5) is 0 Å². The smallest absolute Gasteiger partial charge is 0.0547 e. The molecule has 0 N–H and O–H groups in total. The molecule has 0 saturated heterocycles. The summed E-state index contributed by atoms with van der Waals surface area (Å²) in [5, 5.41) is 2.59. The van der Waals surface area contributed by atoms with Gasteiger partial charge in [0.05, 0.1) is 11.0 Å². The van der Waals surface area contributed by atoms with Crippen molar-refractivity contribution >= 4 is 27.4 Å². The molecular weight excluding hydrogens is 314 g/mol. The van der Waals surface area contributed by atoms with Gasteiger partial charge in [0.2, 0.25) is 0 Å². The second-order valence-corrected chi connectivity index (χ2v) is 6.61. The molecule has 1 aliphatic rings. The number of hydrogen-bond acceptors (Lipinski definition) is 0. The molecule has 0 radical (unpaired) electrons. The minimum atomic E-state index is 0.993. The van der Waals surface area contributed by atoms with Crippen LogP contribution in [0.5, 0.6) is 0 Å². The summed E-state index contributed by atoms with van der Waals surface area (Å²) in [5.41, 5.74) is 6.19. The number of fused-ring (bicyclic) bond motifs is 3. The number of allylic oxidation sites excluding steroid dienone is 6. The SMILES string of the molecule is C1=CCC=CC(c2ccc3c4ccccc4n(-c4ccccc4)c3c2)=C1. The van der Waals surface area contributed by atoms with Crippen molar-refractivity contribution in [2.45, 2.75) is 6.42 Å². The van der Waals surface area contributed by atoms with Crippen molar-refractivity contribution in [2.24, 2.45) is 0 Å². The van der Waals surface area contributed by atoms with Crippen LogP contribution in [0, 0.1) is 0 Å². The maximum atomic E-state index is 2.37. The van der Waals surface area contributed by atoms with E-state index in [1.165, 1.54) is 38.6 Å². The summed E-state index contributed by atoms with van der Waals surface area (Å²) in [7, 11) is 0. The first-order valence-corrected chi connectivity index (χ1v) is 9.04. The van der Waals surface area contributed by atoms with Gasteiger partial charge in [-0.3, -0.25) is 0 Å². The van der Waals surface area contributed by atoms with Crippen molar-refractivity contribution in [3.63, 3.8) is 0 Å². The molecule has 5 rings (SSSR count). The highest BCUT2D eigenvalue weighted by Crippen LogP contribution is 2.34. The van der Waals surface area contributed by atoms with Crippen LogP contribution in [0.25, 0.3) is 33.1 Å². The molecule has 0 fully saturated rings. The minimum Gasteiger partial charge on any atom is -0.309 e. The highest BCUT2D eigenvalue weighted by Gasteiger charge is 2.12. The Labute approximate surface area is 153 Å². The Hall–Kier alpha value is -3.32. The summed E-state index contributed by atoms with van der Waals surface area (Å²) < 4.78 is 2.37. The molecule has 0 bridgehead atoms. The lowest BCUT2D eigenvalue weighted by Crippen LogP contribution is -1.93. The van der Waals surface area contributed by atoms with Crippen molar-refractivity contribution in [1.82, 2.24) is 4.57 Å². The van der Waals surface area contributed by atoms with E-state index in [2.05, 4.69) is 108 Å². The standard InChI is InChI=1S/C25H19N/c1-2-5-11-19(10-4-1)20-16-17-23-22-14-8-9-15-24(22)26(25(23)18-20)21-12-6-3-7-13-21/h1,3-18H,2H2. The van der Waals surface area contributed by atoms with Crippen LogP contribution in [0.2, 0.25) is 0 Å². The zero-order valence-corrected chi connectivity index (χ0v) is 14.5. The molecular formula is C25H19N. The number of nitrogens with zero attached hydrogens (tertiary/aromatic N) is 1. The van der Waals surface area contributed by atoms with Crippen molar-refractivity contribution in [3.05, 3.63) is 109 Å². The Bertz CT molecular complexity index is 1190. The normalized spacial score (nSPS) is 13.9. The number of rotatable bonds is 2. The van der Waals surface area contributed by atoms with Gasteiger partial charge < -0.3 is 4.57 Å². The first-order chi connectivity index (χ1) is 12.9. The molecule has 0 unspecified atom stereocenters.